The van der Waals surface area contributed by atoms with E-state index in [1.165, 1.54) is 23.7 Å². The Morgan fingerprint density at radius 1 is 1.32 bits per heavy atom. The molecule has 2 saturated heterocycles. The van der Waals surface area contributed by atoms with Crippen LogP contribution in [-0.4, -0.2) is 96.5 Å². The van der Waals surface area contributed by atoms with E-state index in [4.69, 9.17) is 5.26 Å². The molecule has 0 spiro atoms. The van der Waals surface area contributed by atoms with Gasteiger partial charge in [0.25, 0.3) is 0 Å². The van der Waals surface area contributed by atoms with Crippen molar-refractivity contribution in [2.75, 3.05) is 58.7 Å². The van der Waals surface area contributed by atoms with Crippen molar-refractivity contribution in [1.82, 2.24) is 20.0 Å². The zero-order valence-corrected chi connectivity index (χ0v) is 23.0. The molecule has 0 aromatic heterocycles. The van der Waals surface area contributed by atoms with Crippen molar-refractivity contribution in [2.45, 2.75) is 49.3 Å². The molecule has 200 valence electrons. The molecule has 37 heavy (non-hydrogen) atoms. The molecule has 2 fully saturated rings. The molecule has 0 saturated carbocycles. The molecule has 4 atom stereocenters. The van der Waals surface area contributed by atoms with Gasteiger partial charge in [0.15, 0.2) is 0 Å². The largest absolute Gasteiger partial charge is 0.385 e. The van der Waals surface area contributed by atoms with Crippen molar-refractivity contribution < 1.29 is 9.59 Å². The number of nitrogens with one attached hydrogen (secondary N) is 2. The molecule has 2 heterocycles. The summed E-state index contributed by atoms with van der Waals surface area (Å²) in [5, 5.41) is 23.6. The molecular formula is C27H39N7O2S. The maximum absolute atomic E-state index is 13.0. The normalized spacial score (nSPS) is 22.6. The maximum Gasteiger partial charge on any atom is 0.238 e. The van der Waals surface area contributed by atoms with Crippen LogP contribution < -0.4 is 10.6 Å². The number of likely N-dealkylation sites (tertiary alicyclic amines) is 1. The van der Waals surface area contributed by atoms with Gasteiger partial charge >= 0.3 is 0 Å². The predicted molar refractivity (Wildman–Crippen MR) is 147 cm³/mol. The van der Waals surface area contributed by atoms with Gasteiger partial charge in [0.05, 0.1) is 22.8 Å². The Morgan fingerprint density at radius 2 is 2.14 bits per heavy atom. The van der Waals surface area contributed by atoms with Gasteiger partial charge in [-0.1, -0.05) is 12.1 Å². The Hall–Kier alpha value is -2.79. The first-order valence-corrected chi connectivity index (χ1v) is 14.0. The summed E-state index contributed by atoms with van der Waals surface area (Å²) in [6, 6.07) is 13.0. The van der Waals surface area contributed by atoms with E-state index in [0.29, 0.717) is 25.6 Å². The minimum atomic E-state index is -0.887. The number of carbonyl (C=O) groups excluding carboxylic acids is 2. The number of nitrogens with zero attached hydrogens (tertiary/aromatic N) is 5. The minimum Gasteiger partial charge on any atom is -0.385 e. The average Bonchev–Trinajstić information content (AvgIpc) is 3.49. The molecule has 2 aliphatic heterocycles. The summed E-state index contributed by atoms with van der Waals surface area (Å²) in [5.74, 6) is -1.29. The standard InChI is InChI=1S/C27H39N7O2S/c1-4-34-25(17-21(18-29)26(35)31-13-11-28)37-24(27(34)36)8-12-30-22-7-5-6-20(16-22)9-14-33-15-10-23(19-33)32(2)3/h5-7,16,21,23-25,30H,4,8-10,12-15,17,19H2,1-3H3,(H,31,35). The highest BCUT2D eigenvalue weighted by molar-refractivity contribution is 8.01. The van der Waals surface area contributed by atoms with Crippen molar-refractivity contribution in [3.8, 4) is 12.1 Å². The molecule has 0 radical (unpaired) electrons. The first kappa shape index (κ1) is 28.8. The lowest BCUT2D eigenvalue weighted by atomic mass is 10.1. The van der Waals surface area contributed by atoms with E-state index >= 15 is 0 Å². The summed E-state index contributed by atoms with van der Waals surface area (Å²) in [6.45, 7) is 6.34. The van der Waals surface area contributed by atoms with Gasteiger partial charge in [-0.2, -0.15) is 10.5 Å². The maximum atomic E-state index is 13.0. The summed E-state index contributed by atoms with van der Waals surface area (Å²) < 4.78 is 0. The molecule has 9 nitrogen and oxygen atoms in total. The zero-order valence-electron chi connectivity index (χ0n) is 22.2. The van der Waals surface area contributed by atoms with Crippen molar-refractivity contribution in [3.63, 3.8) is 0 Å². The van der Waals surface area contributed by atoms with Crippen molar-refractivity contribution in [3.05, 3.63) is 29.8 Å². The fourth-order valence-corrected chi connectivity index (χ4v) is 6.55. The second kappa shape index (κ2) is 14.2. The third-order valence-corrected chi connectivity index (χ3v) is 8.70. The third-order valence-electron chi connectivity index (χ3n) is 7.18. The third kappa shape index (κ3) is 8.10. The summed E-state index contributed by atoms with van der Waals surface area (Å²) in [5.41, 5.74) is 2.36. The second-order valence-electron chi connectivity index (χ2n) is 9.87. The molecule has 2 N–H and O–H groups in total. The Labute approximate surface area is 225 Å². The van der Waals surface area contributed by atoms with Crippen LogP contribution in [0.1, 0.15) is 31.7 Å². The topological polar surface area (TPSA) is 116 Å². The quantitative estimate of drug-likeness (QED) is 0.377. The van der Waals surface area contributed by atoms with E-state index in [9.17, 15) is 14.9 Å². The van der Waals surface area contributed by atoms with Crippen LogP contribution in [0.3, 0.4) is 0 Å². The molecule has 1 aromatic carbocycles. The molecule has 0 bridgehead atoms. The molecule has 3 rings (SSSR count). The van der Waals surface area contributed by atoms with Gasteiger partial charge in [-0.15, -0.1) is 11.8 Å². The van der Waals surface area contributed by atoms with Gasteiger partial charge < -0.3 is 25.3 Å². The number of carbonyl (C=O) groups is 2. The number of amides is 2. The lowest BCUT2D eigenvalue weighted by Gasteiger charge is -2.23. The van der Waals surface area contributed by atoms with Crippen LogP contribution in [0.25, 0.3) is 0 Å². The monoisotopic (exact) mass is 525 g/mol. The zero-order chi connectivity index (χ0) is 26.8. The molecular weight excluding hydrogens is 486 g/mol. The molecule has 2 amide bonds. The molecule has 2 aliphatic rings. The molecule has 0 aliphatic carbocycles. The Balaban J connectivity index is 1.47. The lowest BCUT2D eigenvalue weighted by molar-refractivity contribution is -0.131. The number of nitriles is 2. The number of anilines is 1. The van der Waals surface area contributed by atoms with Crippen LogP contribution in [0.4, 0.5) is 5.69 Å². The highest BCUT2D eigenvalue weighted by atomic mass is 32.2. The predicted octanol–water partition coefficient (Wildman–Crippen LogP) is 2.13. The number of benzene rings is 1. The van der Waals surface area contributed by atoms with Crippen LogP contribution in [0.15, 0.2) is 24.3 Å². The van der Waals surface area contributed by atoms with Gasteiger partial charge in [-0.3, -0.25) is 9.59 Å². The second-order valence-corrected chi connectivity index (χ2v) is 11.3. The van der Waals surface area contributed by atoms with E-state index in [2.05, 4.69) is 58.8 Å². The number of likely N-dealkylation sites (N-methyl/N-ethyl adjacent to an activating group) is 1. The van der Waals surface area contributed by atoms with Gasteiger partial charge in [0.1, 0.15) is 12.5 Å². The molecule has 1 aromatic rings. The van der Waals surface area contributed by atoms with Gasteiger partial charge in [-0.25, -0.2) is 0 Å². The van der Waals surface area contributed by atoms with E-state index in [0.717, 1.165) is 31.7 Å². The highest BCUT2D eigenvalue weighted by Gasteiger charge is 2.40. The van der Waals surface area contributed by atoms with Crippen molar-refractivity contribution >= 4 is 29.3 Å². The van der Waals surface area contributed by atoms with E-state index in [1.807, 2.05) is 19.1 Å². The van der Waals surface area contributed by atoms with Crippen molar-refractivity contribution in [1.29, 1.82) is 10.5 Å². The smallest absolute Gasteiger partial charge is 0.238 e. The van der Waals surface area contributed by atoms with Crippen LogP contribution in [0, 0.1) is 28.6 Å². The summed E-state index contributed by atoms with van der Waals surface area (Å²) in [6.07, 6.45) is 3.17. The summed E-state index contributed by atoms with van der Waals surface area (Å²) >= 11 is 1.53. The van der Waals surface area contributed by atoms with Gasteiger partial charge in [0.2, 0.25) is 11.8 Å². The highest BCUT2D eigenvalue weighted by Crippen LogP contribution is 2.37. The number of rotatable bonds is 13. The number of hydrogen-bond acceptors (Lipinski definition) is 8. The average molecular weight is 526 g/mol. The Kier molecular flexibility index (Phi) is 11.1. The Bertz CT molecular complexity index is 1010. The van der Waals surface area contributed by atoms with Gasteiger partial charge in [-0.05, 0) is 64.5 Å². The fourth-order valence-electron chi connectivity index (χ4n) is 4.96. The number of hydrogen-bond donors (Lipinski definition) is 2. The lowest BCUT2D eigenvalue weighted by Crippen LogP contribution is -2.38. The van der Waals surface area contributed by atoms with Crippen LogP contribution in [-0.2, 0) is 16.0 Å². The van der Waals surface area contributed by atoms with E-state index in [-0.39, 0.29) is 29.5 Å². The molecule has 4 unspecified atom stereocenters. The Morgan fingerprint density at radius 3 is 2.81 bits per heavy atom. The number of thioether (sulfide) groups is 1. The summed E-state index contributed by atoms with van der Waals surface area (Å²) in [7, 11) is 4.31. The van der Waals surface area contributed by atoms with Crippen molar-refractivity contribution in [2.24, 2.45) is 5.92 Å². The van der Waals surface area contributed by atoms with E-state index in [1.54, 1.807) is 4.90 Å². The van der Waals surface area contributed by atoms with Crippen LogP contribution in [0.2, 0.25) is 0 Å². The van der Waals surface area contributed by atoms with Crippen LogP contribution >= 0.6 is 11.8 Å². The van der Waals surface area contributed by atoms with Gasteiger partial charge in [0, 0.05) is 44.3 Å². The summed E-state index contributed by atoms with van der Waals surface area (Å²) in [4.78, 5) is 31.8. The molecule has 10 heteroatoms. The first-order chi connectivity index (χ1) is 17.9. The first-order valence-electron chi connectivity index (χ1n) is 13.1. The SMILES string of the molecule is CCN1C(=O)C(CCNc2cccc(CCN3CCC(N(C)C)C3)c2)SC1CC(C#N)C(=O)NCC#N. The minimum absolute atomic E-state index is 0.0591. The van der Waals surface area contributed by atoms with E-state index < -0.39 is 11.8 Å². The fraction of sp³-hybridized carbons (Fsp3) is 0.630. The van der Waals surface area contributed by atoms with Crippen LogP contribution in [0.5, 0.6) is 0 Å².